The van der Waals surface area contributed by atoms with Crippen molar-refractivity contribution in [2.24, 2.45) is 0 Å². The second kappa shape index (κ2) is 13.4. The smallest absolute Gasteiger partial charge is 0.442 e. The Labute approximate surface area is 270 Å². The molecule has 1 unspecified atom stereocenters. The fourth-order valence-corrected chi connectivity index (χ4v) is 7.22. The molecule has 0 saturated heterocycles. The molecule has 0 radical (unpaired) electrons. The standard InChI is InChI=1S/C36H42N3O6P/c1-23(40)37-31-20-19-28(34(39-31)38-24(2)41)33(25-21-29(35(3,4)5)32(42)30(22-25)36(6,7)8)46(43,44-26-15-11-9-12-16-26)45-27-17-13-10-14-18-27/h9-22,33,42H,1-8H3,(H2,37,38,39,40,41). The molecule has 0 aliphatic rings. The second-order valence-electron chi connectivity index (χ2n) is 13.2. The highest BCUT2D eigenvalue weighted by molar-refractivity contribution is 7.55. The van der Waals surface area contributed by atoms with Crippen LogP contribution in [-0.2, 0) is 25.0 Å². The van der Waals surface area contributed by atoms with Crippen LogP contribution in [0.1, 0.15) is 83.3 Å². The number of nitrogens with one attached hydrogen (secondary N) is 2. The minimum absolute atomic E-state index is 0.0694. The number of aromatic nitrogens is 1. The van der Waals surface area contributed by atoms with Gasteiger partial charge in [0.05, 0.1) is 0 Å². The first-order valence-electron chi connectivity index (χ1n) is 15.0. The third-order valence-corrected chi connectivity index (χ3v) is 9.29. The van der Waals surface area contributed by atoms with Gasteiger partial charge in [0.15, 0.2) is 0 Å². The molecule has 1 atom stereocenters. The Balaban J connectivity index is 2.13. The minimum atomic E-state index is -4.35. The third kappa shape index (κ3) is 8.15. The number of pyridine rings is 1. The molecule has 0 saturated carbocycles. The van der Waals surface area contributed by atoms with Gasteiger partial charge in [0, 0.05) is 19.4 Å². The number of carbonyl (C=O) groups excluding carboxylic acids is 2. The number of para-hydroxylation sites is 2. The van der Waals surface area contributed by atoms with E-state index >= 15 is 4.57 Å². The van der Waals surface area contributed by atoms with Crippen LogP contribution in [0.5, 0.6) is 17.2 Å². The van der Waals surface area contributed by atoms with Gasteiger partial charge < -0.3 is 24.8 Å². The number of benzene rings is 3. The highest BCUT2D eigenvalue weighted by Crippen LogP contribution is 2.64. The molecule has 4 rings (SSSR count). The largest absolute Gasteiger partial charge is 0.507 e. The molecule has 46 heavy (non-hydrogen) atoms. The molecule has 1 aromatic heterocycles. The Morgan fingerprint density at radius 2 is 1.20 bits per heavy atom. The number of nitrogens with zero attached hydrogens (tertiary/aromatic N) is 1. The molecule has 4 aromatic rings. The van der Waals surface area contributed by atoms with Crippen molar-refractivity contribution in [1.82, 2.24) is 4.98 Å². The molecular weight excluding hydrogens is 601 g/mol. The van der Waals surface area contributed by atoms with Gasteiger partial charge in [-0.05, 0) is 57.9 Å². The van der Waals surface area contributed by atoms with Crippen molar-refractivity contribution < 1.29 is 28.3 Å². The Kier molecular flexibility index (Phi) is 9.97. The SMILES string of the molecule is CC(=O)Nc1ccc(C(c2cc(C(C)(C)C)c(O)c(C(C)(C)C)c2)P(=O)(Oc2ccccc2)Oc2ccccc2)c(NC(C)=O)n1. The number of hydrogen-bond acceptors (Lipinski definition) is 7. The molecule has 0 aliphatic carbocycles. The maximum atomic E-state index is 15.6. The molecule has 2 amide bonds. The zero-order chi connectivity index (χ0) is 33.9. The highest BCUT2D eigenvalue weighted by atomic mass is 31.2. The van der Waals surface area contributed by atoms with E-state index < -0.39 is 30.0 Å². The van der Waals surface area contributed by atoms with Crippen LogP contribution in [0.2, 0.25) is 0 Å². The van der Waals surface area contributed by atoms with Gasteiger partial charge >= 0.3 is 7.60 Å². The number of hydrogen-bond donors (Lipinski definition) is 3. The first-order valence-corrected chi connectivity index (χ1v) is 16.6. The van der Waals surface area contributed by atoms with E-state index in [1.165, 1.54) is 13.8 Å². The molecule has 10 heteroatoms. The van der Waals surface area contributed by atoms with Crippen molar-refractivity contribution in [3.05, 3.63) is 107 Å². The van der Waals surface area contributed by atoms with Gasteiger partial charge in [-0.1, -0.05) is 96.1 Å². The Morgan fingerprint density at radius 1 is 0.739 bits per heavy atom. The number of carbonyl (C=O) groups is 2. The van der Waals surface area contributed by atoms with Crippen LogP contribution in [0.4, 0.5) is 11.6 Å². The zero-order valence-electron chi connectivity index (χ0n) is 27.5. The van der Waals surface area contributed by atoms with Crippen LogP contribution in [0.25, 0.3) is 0 Å². The molecule has 0 spiro atoms. The van der Waals surface area contributed by atoms with Gasteiger partial charge in [-0.2, -0.15) is 0 Å². The van der Waals surface area contributed by atoms with E-state index in [4.69, 9.17) is 9.05 Å². The summed E-state index contributed by atoms with van der Waals surface area (Å²) in [5.41, 5.74) is -0.0821. The summed E-state index contributed by atoms with van der Waals surface area (Å²) in [5, 5.41) is 17.0. The monoisotopic (exact) mass is 643 g/mol. The molecule has 0 fully saturated rings. The fraction of sp³-hybridized carbons (Fsp3) is 0.306. The van der Waals surface area contributed by atoms with E-state index in [0.717, 1.165) is 0 Å². The van der Waals surface area contributed by atoms with E-state index in [1.54, 1.807) is 60.7 Å². The highest BCUT2D eigenvalue weighted by Gasteiger charge is 2.45. The summed E-state index contributed by atoms with van der Waals surface area (Å²) in [7, 11) is -4.35. The predicted octanol–water partition coefficient (Wildman–Crippen LogP) is 8.74. The average Bonchev–Trinajstić information content (AvgIpc) is 2.94. The number of aromatic hydroxyl groups is 1. The minimum Gasteiger partial charge on any atom is -0.507 e. The fourth-order valence-electron chi connectivity index (χ4n) is 5.08. The van der Waals surface area contributed by atoms with Crippen LogP contribution < -0.4 is 19.7 Å². The summed E-state index contributed by atoms with van der Waals surface area (Å²) >= 11 is 0. The van der Waals surface area contributed by atoms with Crippen LogP contribution in [0.3, 0.4) is 0 Å². The van der Waals surface area contributed by atoms with E-state index in [2.05, 4.69) is 15.6 Å². The Hall–Kier alpha value is -4.62. The summed E-state index contributed by atoms with van der Waals surface area (Å²) in [4.78, 5) is 28.9. The van der Waals surface area contributed by atoms with E-state index in [0.29, 0.717) is 33.8 Å². The second-order valence-corrected chi connectivity index (χ2v) is 15.2. The summed E-state index contributed by atoms with van der Waals surface area (Å²) < 4.78 is 28.4. The van der Waals surface area contributed by atoms with Crippen LogP contribution in [0.15, 0.2) is 84.9 Å². The quantitative estimate of drug-likeness (QED) is 0.156. The van der Waals surface area contributed by atoms with E-state index in [9.17, 15) is 14.7 Å². The lowest BCUT2D eigenvalue weighted by Gasteiger charge is -2.33. The molecule has 3 N–H and O–H groups in total. The molecule has 0 aliphatic heterocycles. The predicted molar refractivity (Wildman–Crippen MR) is 182 cm³/mol. The topological polar surface area (TPSA) is 127 Å². The molecule has 9 nitrogen and oxygen atoms in total. The van der Waals surface area contributed by atoms with Crippen molar-refractivity contribution >= 4 is 31.0 Å². The Bertz CT molecular complexity index is 1680. The first kappa shape index (κ1) is 34.3. The average molecular weight is 644 g/mol. The molecule has 242 valence electrons. The van der Waals surface area contributed by atoms with Crippen molar-refractivity contribution in [1.29, 1.82) is 0 Å². The maximum absolute atomic E-state index is 15.6. The molecular formula is C36H42N3O6P. The van der Waals surface area contributed by atoms with E-state index in [1.807, 2.05) is 65.8 Å². The number of amides is 2. The lowest BCUT2D eigenvalue weighted by atomic mass is 9.78. The van der Waals surface area contributed by atoms with Gasteiger partial charge in [-0.25, -0.2) is 9.55 Å². The number of anilines is 2. The van der Waals surface area contributed by atoms with Crippen molar-refractivity contribution in [3.8, 4) is 17.2 Å². The molecule has 0 bridgehead atoms. The van der Waals surface area contributed by atoms with E-state index in [-0.39, 0.29) is 23.3 Å². The van der Waals surface area contributed by atoms with Crippen molar-refractivity contribution in [3.63, 3.8) is 0 Å². The third-order valence-electron chi connectivity index (χ3n) is 7.15. The summed E-state index contributed by atoms with van der Waals surface area (Å²) in [5.74, 6) is 0.249. The zero-order valence-corrected chi connectivity index (χ0v) is 28.4. The van der Waals surface area contributed by atoms with Gasteiger partial charge in [0.25, 0.3) is 0 Å². The van der Waals surface area contributed by atoms with Crippen molar-refractivity contribution in [2.45, 2.75) is 71.9 Å². The molecule has 3 aromatic carbocycles. The first-order chi connectivity index (χ1) is 21.5. The summed E-state index contributed by atoms with van der Waals surface area (Å²) in [6, 6.07) is 24.3. The molecule has 1 heterocycles. The number of rotatable bonds is 9. The number of phenols is 1. The number of phenolic OH excluding ortho intramolecular Hbond substituents is 1. The normalized spacial score (nSPS) is 12.6. The van der Waals surface area contributed by atoms with Crippen LogP contribution in [-0.4, -0.2) is 21.9 Å². The summed E-state index contributed by atoms with van der Waals surface area (Å²) in [6.45, 7) is 14.6. The van der Waals surface area contributed by atoms with Crippen LogP contribution >= 0.6 is 7.60 Å². The van der Waals surface area contributed by atoms with Gasteiger partial charge in [-0.15, -0.1) is 0 Å². The van der Waals surface area contributed by atoms with Crippen LogP contribution in [0, 0.1) is 0 Å². The van der Waals surface area contributed by atoms with Gasteiger partial charge in [0.1, 0.15) is 34.5 Å². The van der Waals surface area contributed by atoms with Gasteiger partial charge in [0.2, 0.25) is 11.8 Å². The summed E-state index contributed by atoms with van der Waals surface area (Å²) in [6.07, 6.45) is 0. The van der Waals surface area contributed by atoms with Gasteiger partial charge in [-0.3, -0.25) is 9.59 Å². The lowest BCUT2D eigenvalue weighted by Crippen LogP contribution is -2.21. The maximum Gasteiger partial charge on any atom is 0.442 e. The Morgan fingerprint density at radius 3 is 1.61 bits per heavy atom. The van der Waals surface area contributed by atoms with Crippen molar-refractivity contribution in [2.75, 3.05) is 10.6 Å². The lowest BCUT2D eigenvalue weighted by molar-refractivity contribution is -0.115.